The lowest BCUT2D eigenvalue weighted by Gasteiger charge is -2.09. The number of aromatic nitrogens is 2. The average Bonchev–Trinajstić information content (AvgIpc) is 3.09. The summed E-state index contributed by atoms with van der Waals surface area (Å²) in [4.78, 5) is 23.3. The lowest BCUT2D eigenvalue weighted by Crippen LogP contribution is -2.15. The molecule has 1 N–H and O–H groups in total. The minimum Gasteiger partial charge on any atom is -0.466 e. The van der Waals surface area contributed by atoms with Gasteiger partial charge in [0.2, 0.25) is 0 Å². The van der Waals surface area contributed by atoms with Crippen LogP contribution in [0.1, 0.15) is 5.56 Å². The second-order valence-electron chi connectivity index (χ2n) is 5.76. The molecule has 27 heavy (non-hydrogen) atoms. The molecule has 0 amide bonds. The minimum absolute atomic E-state index is 0.0135. The highest BCUT2D eigenvalue weighted by atomic mass is 16.5. The minimum atomic E-state index is -0.666. The molecule has 0 saturated carbocycles. The van der Waals surface area contributed by atoms with Gasteiger partial charge in [-0.05, 0) is 23.8 Å². The molecule has 0 unspecified atom stereocenters. The molecule has 7 heteroatoms. The lowest BCUT2D eigenvalue weighted by atomic mass is 10.2. The highest BCUT2D eigenvalue weighted by Gasteiger charge is 2.13. The number of carbonyl (C=O) groups excluding carboxylic acids is 2. The van der Waals surface area contributed by atoms with Gasteiger partial charge in [-0.3, -0.25) is 4.68 Å². The number of fused-ring (bicyclic) bond motifs is 1. The van der Waals surface area contributed by atoms with Crippen LogP contribution in [0.4, 0.5) is 5.69 Å². The van der Waals surface area contributed by atoms with E-state index in [4.69, 9.17) is 4.74 Å². The zero-order valence-electron chi connectivity index (χ0n) is 15.0. The Kier molecular flexibility index (Phi) is 5.51. The number of nitrogens with zero attached hydrogens (tertiary/aromatic N) is 2. The lowest BCUT2D eigenvalue weighted by molar-refractivity contribution is -0.138. The van der Waals surface area contributed by atoms with Gasteiger partial charge in [0.1, 0.15) is 5.70 Å². The summed E-state index contributed by atoms with van der Waals surface area (Å²) < 4.78 is 11.2. The normalized spacial score (nSPS) is 11.3. The Hall–Kier alpha value is -3.61. The third kappa shape index (κ3) is 4.33. The van der Waals surface area contributed by atoms with Crippen molar-refractivity contribution in [2.45, 2.75) is 6.54 Å². The van der Waals surface area contributed by atoms with Gasteiger partial charge in [-0.2, -0.15) is 5.10 Å². The number of nitrogens with one attached hydrogen (secondary N) is 1. The number of benzene rings is 2. The molecule has 0 spiro atoms. The summed E-state index contributed by atoms with van der Waals surface area (Å²) in [6.45, 7) is 0.659. The number of esters is 2. The van der Waals surface area contributed by atoms with E-state index in [-0.39, 0.29) is 5.70 Å². The first kappa shape index (κ1) is 18.2. The Labute approximate surface area is 156 Å². The molecule has 0 aliphatic rings. The highest BCUT2D eigenvalue weighted by Crippen LogP contribution is 2.21. The van der Waals surface area contributed by atoms with Gasteiger partial charge in [0.05, 0.1) is 38.6 Å². The van der Waals surface area contributed by atoms with Crippen molar-refractivity contribution in [3.8, 4) is 0 Å². The Balaban J connectivity index is 1.85. The summed E-state index contributed by atoms with van der Waals surface area (Å²) in [5, 5.41) is 8.23. The monoisotopic (exact) mass is 365 g/mol. The van der Waals surface area contributed by atoms with Crippen LogP contribution in [0.2, 0.25) is 0 Å². The average molecular weight is 365 g/mol. The number of methoxy groups -OCH3 is 2. The maximum Gasteiger partial charge on any atom is 0.354 e. The number of hydrogen-bond donors (Lipinski definition) is 1. The zero-order chi connectivity index (χ0) is 19.2. The molecule has 3 aromatic rings. The van der Waals surface area contributed by atoms with Crippen LogP contribution in [0.15, 0.2) is 66.5 Å². The van der Waals surface area contributed by atoms with Gasteiger partial charge in [-0.1, -0.05) is 30.3 Å². The summed E-state index contributed by atoms with van der Waals surface area (Å²) in [6.07, 6.45) is 2.81. The van der Waals surface area contributed by atoms with Gasteiger partial charge in [0, 0.05) is 11.1 Å². The summed E-state index contributed by atoms with van der Waals surface area (Å²) in [5.41, 5.74) is 2.72. The fraction of sp³-hybridized carbons (Fsp3) is 0.150. The number of rotatable bonds is 6. The summed E-state index contributed by atoms with van der Waals surface area (Å²) in [6, 6.07) is 15.6. The number of anilines is 1. The van der Waals surface area contributed by atoms with Crippen molar-refractivity contribution < 1.29 is 19.1 Å². The highest BCUT2D eigenvalue weighted by molar-refractivity contribution is 5.99. The summed E-state index contributed by atoms with van der Waals surface area (Å²) >= 11 is 0. The molecule has 1 aromatic heterocycles. The molecule has 0 radical (unpaired) electrons. The van der Waals surface area contributed by atoms with Crippen LogP contribution in [0, 0.1) is 0 Å². The third-order valence-corrected chi connectivity index (χ3v) is 3.96. The molecule has 3 rings (SSSR count). The molecule has 0 bridgehead atoms. The van der Waals surface area contributed by atoms with E-state index < -0.39 is 11.9 Å². The Morgan fingerprint density at radius 2 is 1.89 bits per heavy atom. The van der Waals surface area contributed by atoms with Crippen molar-refractivity contribution in [1.82, 2.24) is 9.78 Å². The predicted molar refractivity (Wildman–Crippen MR) is 101 cm³/mol. The van der Waals surface area contributed by atoms with Gasteiger partial charge in [-0.25, -0.2) is 9.59 Å². The van der Waals surface area contributed by atoms with Crippen molar-refractivity contribution in [3.63, 3.8) is 0 Å². The first-order valence-corrected chi connectivity index (χ1v) is 8.25. The van der Waals surface area contributed by atoms with Crippen LogP contribution in [0.3, 0.4) is 0 Å². The van der Waals surface area contributed by atoms with E-state index >= 15 is 0 Å². The maximum absolute atomic E-state index is 11.9. The van der Waals surface area contributed by atoms with Gasteiger partial charge < -0.3 is 14.8 Å². The SMILES string of the molecule is COC(=O)/C=C(/Nc1ccc2c(cnn2Cc2ccccc2)c1)C(=O)OC. The van der Waals surface area contributed by atoms with Crippen molar-refractivity contribution in [1.29, 1.82) is 0 Å². The van der Waals surface area contributed by atoms with Crippen LogP contribution < -0.4 is 5.32 Å². The van der Waals surface area contributed by atoms with E-state index in [0.29, 0.717) is 12.2 Å². The van der Waals surface area contributed by atoms with E-state index in [1.54, 1.807) is 12.3 Å². The first-order chi connectivity index (χ1) is 13.1. The van der Waals surface area contributed by atoms with Crippen molar-refractivity contribution in [2.75, 3.05) is 19.5 Å². The number of ether oxygens (including phenoxy) is 2. The van der Waals surface area contributed by atoms with E-state index in [1.807, 2.05) is 47.1 Å². The van der Waals surface area contributed by atoms with Crippen molar-refractivity contribution in [2.24, 2.45) is 0 Å². The van der Waals surface area contributed by atoms with Crippen LogP contribution in [0.25, 0.3) is 10.9 Å². The molecule has 0 atom stereocenters. The van der Waals surface area contributed by atoms with E-state index in [0.717, 1.165) is 22.5 Å². The Morgan fingerprint density at radius 1 is 1.11 bits per heavy atom. The van der Waals surface area contributed by atoms with E-state index in [2.05, 4.69) is 15.2 Å². The molecule has 2 aromatic carbocycles. The number of carbonyl (C=O) groups is 2. The molecular weight excluding hydrogens is 346 g/mol. The molecule has 0 fully saturated rings. The van der Waals surface area contributed by atoms with Gasteiger partial charge in [0.15, 0.2) is 0 Å². The molecule has 7 nitrogen and oxygen atoms in total. The van der Waals surface area contributed by atoms with Gasteiger partial charge in [-0.15, -0.1) is 0 Å². The second kappa shape index (κ2) is 8.18. The van der Waals surface area contributed by atoms with Crippen molar-refractivity contribution >= 4 is 28.5 Å². The summed E-state index contributed by atoms with van der Waals surface area (Å²) in [7, 11) is 2.48. The largest absolute Gasteiger partial charge is 0.466 e. The molecule has 0 aliphatic heterocycles. The molecular formula is C20H19N3O4. The molecule has 1 heterocycles. The molecule has 0 saturated heterocycles. The standard InChI is InChI=1S/C20H19N3O4/c1-26-19(24)11-17(20(25)27-2)22-16-8-9-18-15(10-16)12-21-23(18)13-14-6-4-3-5-7-14/h3-12,22H,13H2,1-2H3/b17-11+. The topological polar surface area (TPSA) is 82.5 Å². The third-order valence-electron chi connectivity index (χ3n) is 3.96. The van der Waals surface area contributed by atoms with Crippen LogP contribution in [0.5, 0.6) is 0 Å². The Morgan fingerprint density at radius 3 is 2.59 bits per heavy atom. The molecule has 0 aliphatic carbocycles. The van der Waals surface area contributed by atoms with Crippen LogP contribution in [-0.2, 0) is 25.6 Å². The predicted octanol–water partition coefficient (Wildman–Crippen LogP) is 2.73. The van der Waals surface area contributed by atoms with Crippen LogP contribution in [-0.4, -0.2) is 35.9 Å². The fourth-order valence-corrected chi connectivity index (χ4v) is 2.64. The van der Waals surface area contributed by atoms with E-state index in [1.165, 1.54) is 14.2 Å². The Bertz CT molecular complexity index is 993. The smallest absolute Gasteiger partial charge is 0.354 e. The van der Waals surface area contributed by atoms with Gasteiger partial charge in [0.25, 0.3) is 0 Å². The van der Waals surface area contributed by atoms with Gasteiger partial charge >= 0.3 is 11.9 Å². The van der Waals surface area contributed by atoms with Crippen LogP contribution >= 0.6 is 0 Å². The number of hydrogen-bond acceptors (Lipinski definition) is 6. The quantitative estimate of drug-likeness (QED) is 0.534. The second-order valence-corrected chi connectivity index (χ2v) is 5.76. The molecule has 138 valence electrons. The van der Waals surface area contributed by atoms with Crippen molar-refractivity contribution in [3.05, 3.63) is 72.1 Å². The zero-order valence-corrected chi connectivity index (χ0v) is 15.0. The fourth-order valence-electron chi connectivity index (χ4n) is 2.64. The first-order valence-electron chi connectivity index (χ1n) is 8.25. The maximum atomic E-state index is 11.9. The van der Waals surface area contributed by atoms with E-state index in [9.17, 15) is 9.59 Å². The summed E-state index contributed by atoms with van der Waals surface area (Å²) in [5.74, 6) is -1.32.